The van der Waals surface area contributed by atoms with Crippen LogP contribution in [0.25, 0.3) is 0 Å². The number of hydrogen-bond acceptors (Lipinski definition) is 5. The van der Waals surface area contributed by atoms with Crippen LogP contribution in [0.15, 0.2) is 11.6 Å². The fraction of sp³-hybridized carbons (Fsp3) is 0.714. The van der Waals surface area contributed by atoms with Gasteiger partial charge in [-0.2, -0.15) is 0 Å². The van der Waals surface area contributed by atoms with Crippen LogP contribution in [-0.4, -0.2) is 33.9 Å². The van der Waals surface area contributed by atoms with Crippen LogP contribution < -0.4 is 0 Å². The Morgan fingerprint density at radius 3 is 2.89 bits per heavy atom. The molecule has 1 rings (SSSR count). The van der Waals surface area contributed by atoms with Crippen molar-refractivity contribution in [2.24, 2.45) is 5.92 Å². The zero-order valence-electron chi connectivity index (χ0n) is 12.0. The van der Waals surface area contributed by atoms with Crippen LogP contribution in [0.2, 0.25) is 0 Å². The zero-order valence-corrected chi connectivity index (χ0v) is 13.6. The monoisotopic (exact) mass is 302 g/mol. The Hall–Kier alpha value is -0.420. The lowest BCUT2D eigenvalue weighted by Gasteiger charge is -2.39. The number of aldehydes is 1. The summed E-state index contributed by atoms with van der Waals surface area (Å²) in [5.74, 6) is 1.35. The molecule has 1 heterocycles. The van der Waals surface area contributed by atoms with Gasteiger partial charge in [-0.05, 0) is 26.5 Å². The van der Waals surface area contributed by atoms with Crippen molar-refractivity contribution in [2.75, 3.05) is 11.5 Å². The summed E-state index contributed by atoms with van der Waals surface area (Å²) in [4.78, 5) is 23.4. The smallest absolute Gasteiger partial charge is 0.333 e. The Morgan fingerprint density at radius 2 is 2.37 bits per heavy atom. The molecular weight excluding hydrogens is 280 g/mol. The molecule has 0 radical (unpaired) electrons. The van der Waals surface area contributed by atoms with Crippen LogP contribution in [0, 0.1) is 5.92 Å². The highest BCUT2D eigenvalue weighted by Gasteiger charge is 2.48. The minimum atomic E-state index is -0.667. The van der Waals surface area contributed by atoms with E-state index in [4.69, 9.17) is 4.74 Å². The zero-order chi connectivity index (χ0) is 14.5. The topological polar surface area (TPSA) is 43.4 Å². The standard InChI is InChI=1S/C14H22O3S2/c1-5-18-14(13(16)17-10(2)3)12(6-7-15)8-11(4)9-19-14/h7-8,10,12H,5-6,9H2,1-4H3/t12-,14+/m1/s1. The Balaban J connectivity index is 3.07. The van der Waals surface area contributed by atoms with E-state index in [1.165, 1.54) is 5.57 Å². The highest BCUT2D eigenvalue weighted by atomic mass is 32.2. The molecule has 0 spiro atoms. The molecule has 5 heteroatoms. The molecule has 0 amide bonds. The van der Waals surface area contributed by atoms with Gasteiger partial charge in [0.15, 0.2) is 4.08 Å². The summed E-state index contributed by atoms with van der Waals surface area (Å²) >= 11 is 3.19. The van der Waals surface area contributed by atoms with E-state index < -0.39 is 4.08 Å². The predicted molar refractivity (Wildman–Crippen MR) is 82.5 cm³/mol. The third-order valence-corrected chi connectivity index (χ3v) is 6.22. The van der Waals surface area contributed by atoms with E-state index >= 15 is 0 Å². The van der Waals surface area contributed by atoms with E-state index in [1.807, 2.05) is 27.7 Å². The lowest BCUT2D eigenvalue weighted by molar-refractivity contribution is -0.148. The largest absolute Gasteiger partial charge is 0.461 e. The van der Waals surface area contributed by atoms with Gasteiger partial charge < -0.3 is 9.53 Å². The van der Waals surface area contributed by atoms with Crippen molar-refractivity contribution in [3.8, 4) is 0 Å². The minimum absolute atomic E-state index is 0.0834. The maximum atomic E-state index is 12.5. The molecule has 0 saturated carbocycles. The number of allylic oxidation sites excluding steroid dienone is 1. The molecule has 108 valence electrons. The quantitative estimate of drug-likeness (QED) is 0.428. The highest BCUT2D eigenvalue weighted by molar-refractivity contribution is 8.19. The molecule has 1 aliphatic heterocycles. The average Bonchev–Trinajstić information content (AvgIpc) is 2.32. The molecule has 3 nitrogen and oxygen atoms in total. The second-order valence-electron chi connectivity index (χ2n) is 4.87. The Labute approximate surface area is 123 Å². The summed E-state index contributed by atoms with van der Waals surface area (Å²) in [7, 11) is 0. The minimum Gasteiger partial charge on any atom is -0.461 e. The SMILES string of the molecule is CCS[C@]1(C(=O)OC(C)C)SCC(C)=C[C@H]1CC=O. The van der Waals surface area contributed by atoms with Crippen LogP contribution in [0.1, 0.15) is 34.1 Å². The maximum absolute atomic E-state index is 12.5. The lowest BCUT2D eigenvalue weighted by atomic mass is 9.97. The van der Waals surface area contributed by atoms with Gasteiger partial charge in [0.2, 0.25) is 0 Å². The number of carbonyl (C=O) groups excluding carboxylic acids is 2. The van der Waals surface area contributed by atoms with Gasteiger partial charge in [-0.3, -0.25) is 0 Å². The second kappa shape index (κ2) is 7.39. The molecule has 0 N–H and O–H groups in total. The van der Waals surface area contributed by atoms with Crippen LogP contribution in [0.3, 0.4) is 0 Å². The van der Waals surface area contributed by atoms with Crippen molar-refractivity contribution < 1.29 is 14.3 Å². The third kappa shape index (κ3) is 4.02. The molecule has 19 heavy (non-hydrogen) atoms. The van der Waals surface area contributed by atoms with Crippen molar-refractivity contribution in [1.29, 1.82) is 0 Å². The molecule has 0 unspecified atom stereocenters. The fourth-order valence-electron chi connectivity index (χ4n) is 2.08. The fourth-order valence-corrected chi connectivity index (χ4v) is 5.00. The van der Waals surface area contributed by atoms with Gasteiger partial charge in [-0.25, -0.2) is 4.79 Å². The van der Waals surface area contributed by atoms with E-state index in [1.54, 1.807) is 23.5 Å². The van der Waals surface area contributed by atoms with E-state index in [0.717, 1.165) is 17.8 Å². The number of ether oxygens (including phenoxy) is 1. The van der Waals surface area contributed by atoms with Crippen molar-refractivity contribution in [2.45, 2.75) is 44.3 Å². The normalized spacial score (nSPS) is 27.0. The van der Waals surface area contributed by atoms with Gasteiger partial charge in [-0.15, -0.1) is 23.5 Å². The molecule has 2 atom stereocenters. The Morgan fingerprint density at radius 1 is 1.68 bits per heavy atom. The first-order valence-corrected chi connectivity index (χ1v) is 8.53. The molecule has 0 aromatic rings. The average molecular weight is 302 g/mol. The summed E-state index contributed by atoms with van der Waals surface area (Å²) in [5, 5.41) is 0. The second-order valence-corrected chi connectivity index (χ2v) is 7.85. The lowest BCUT2D eigenvalue weighted by Crippen LogP contribution is -2.44. The van der Waals surface area contributed by atoms with Gasteiger partial charge in [0, 0.05) is 18.1 Å². The van der Waals surface area contributed by atoms with Crippen molar-refractivity contribution in [1.82, 2.24) is 0 Å². The predicted octanol–water partition coefficient (Wildman–Crippen LogP) is 3.29. The molecule has 1 aliphatic rings. The van der Waals surface area contributed by atoms with E-state index in [2.05, 4.69) is 6.08 Å². The molecule has 0 aliphatic carbocycles. The molecule has 0 saturated heterocycles. The number of rotatable bonds is 6. The molecular formula is C14H22O3S2. The van der Waals surface area contributed by atoms with Gasteiger partial charge in [-0.1, -0.05) is 18.6 Å². The van der Waals surface area contributed by atoms with Crippen LogP contribution in [0.4, 0.5) is 0 Å². The molecule has 0 fully saturated rings. The summed E-state index contributed by atoms with van der Waals surface area (Å²) in [6.07, 6.45) is 3.19. The van der Waals surface area contributed by atoms with Gasteiger partial charge in [0.25, 0.3) is 0 Å². The third-order valence-electron chi connectivity index (χ3n) is 2.82. The first kappa shape index (κ1) is 16.6. The Kier molecular flexibility index (Phi) is 6.47. The Bertz CT molecular complexity index is 366. The van der Waals surface area contributed by atoms with Gasteiger partial charge >= 0.3 is 5.97 Å². The van der Waals surface area contributed by atoms with Crippen molar-refractivity contribution in [3.05, 3.63) is 11.6 Å². The van der Waals surface area contributed by atoms with Crippen LogP contribution in [-0.2, 0) is 14.3 Å². The number of carbonyl (C=O) groups is 2. The molecule has 0 bridgehead atoms. The summed E-state index contributed by atoms with van der Waals surface area (Å²) in [6, 6.07) is 0. The van der Waals surface area contributed by atoms with Gasteiger partial charge in [0.05, 0.1) is 6.10 Å². The highest BCUT2D eigenvalue weighted by Crippen LogP contribution is 2.50. The van der Waals surface area contributed by atoms with E-state index in [0.29, 0.717) is 6.42 Å². The summed E-state index contributed by atoms with van der Waals surface area (Å²) in [6.45, 7) is 7.77. The number of hydrogen-bond donors (Lipinski definition) is 0. The van der Waals surface area contributed by atoms with Crippen LogP contribution in [0.5, 0.6) is 0 Å². The summed E-state index contributed by atoms with van der Waals surface area (Å²) < 4.78 is 4.76. The number of thioether (sulfide) groups is 2. The van der Waals surface area contributed by atoms with Crippen LogP contribution >= 0.6 is 23.5 Å². The first-order chi connectivity index (χ1) is 8.96. The molecule has 0 aromatic carbocycles. The summed E-state index contributed by atoms with van der Waals surface area (Å²) in [5.41, 5.74) is 1.22. The van der Waals surface area contributed by atoms with Crippen molar-refractivity contribution in [3.63, 3.8) is 0 Å². The maximum Gasteiger partial charge on any atom is 0.333 e. The molecule has 0 aromatic heterocycles. The van der Waals surface area contributed by atoms with E-state index in [9.17, 15) is 9.59 Å². The van der Waals surface area contributed by atoms with E-state index in [-0.39, 0.29) is 18.0 Å². The number of esters is 1. The van der Waals surface area contributed by atoms with Gasteiger partial charge in [0.1, 0.15) is 6.29 Å². The first-order valence-electron chi connectivity index (χ1n) is 6.56. The van der Waals surface area contributed by atoms with Crippen molar-refractivity contribution >= 4 is 35.8 Å².